The average molecular weight is 351 g/mol. The summed E-state index contributed by atoms with van der Waals surface area (Å²) in [6.07, 6.45) is 3.97. The summed E-state index contributed by atoms with van der Waals surface area (Å²) in [7, 11) is 0. The smallest absolute Gasteiger partial charge is 0.252 e. The second-order valence-corrected chi connectivity index (χ2v) is 6.87. The molecular weight excluding hydrogens is 334 g/mol. The van der Waals surface area contributed by atoms with E-state index in [9.17, 15) is 4.79 Å². The first kappa shape index (κ1) is 15.9. The molecule has 1 aromatic carbocycles. The van der Waals surface area contributed by atoms with Crippen LogP contribution in [0.3, 0.4) is 0 Å². The lowest BCUT2D eigenvalue weighted by Crippen LogP contribution is -2.25. The Morgan fingerprint density at radius 3 is 2.89 bits per heavy atom. The van der Waals surface area contributed by atoms with Gasteiger partial charge >= 0.3 is 0 Å². The number of rotatable bonds is 6. The molecule has 1 unspecified atom stereocenters. The van der Waals surface area contributed by atoms with E-state index in [1.807, 2.05) is 18.4 Å². The summed E-state index contributed by atoms with van der Waals surface area (Å²) in [5, 5.41) is 3.39. The molecule has 0 saturated heterocycles. The van der Waals surface area contributed by atoms with Crippen LogP contribution < -0.4 is 5.32 Å². The van der Waals surface area contributed by atoms with E-state index in [2.05, 4.69) is 28.2 Å². The highest BCUT2D eigenvalue weighted by atomic mass is 79.9. The van der Waals surface area contributed by atoms with E-state index in [-0.39, 0.29) is 5.91 Å². The number of carbonyl (C=O) groups excluding carboxylic acids is 1. The Bertz CT molecular complexity index is 412. The Hall–Kier alpha value is -0.190. The Morgan fingerprint density at radius 1 is 1.56 bits per heavy atom. The minimum atomic E-state index is -0.0990. The molecule has 0 spiro atoms. The van der Waals surface area contributed by atoms with E-state index >= 15 is 0 Å². The number of nitrogens with one attached hydrogen (secondary N) is 1. The standard InChI is InChI=1S/C13H17BrClNOS/c1-9(14)4-3-7-16-13(17)11-8-10(18-2)5-6-12(11)15/h5-6,8-9H,3-4,7H2,1-2H3,(H,16,17). The van der Waals surface area contributed by atoms with Crippen LogP contribution in [-0.4, -0.2) is 23.5 Å². The van der Waals surface area contributed by atoms with Crippen LogP contribution >= 0.6 is 39.3 Å². The van der Waals surface area contributed by atoms with Gasteiger partial charge in [0.1, 0.15) is 0 Å². The number of benzene rings is 1. The molecule has 0 aromatic heterocycles. The summed E-state index contributed by atoms with van der Waals surface area (Å²) in [5.41, 5.74) is 0.551. The van der Waals surface area contributed by atoms with Gasteiger partial charge in [-0.15, -0.1) is 11.8 Å². The van der Waals surface area contributed by atoms with E-state index in [0.717, 1.165) is 17.7 Å². The second kappa shape index (κ2) is 8.08. The maximum atomic E-state index is 12.0. The number of halogens is 2. The topological polar surface area (TPSA) is 29.1 Å². The van der Waals surface area contributed by atoms with E-state index in [1.165, 1.54) is 0 Å². The van der Waals surface area contributed by atoms with E-state index < -0.39 is 0 Å². The maximum Gasteiger partial charge on any atom is 0.252 e. The van der Waals surface area contributed by atoms with Gasteiger partial charge in [0.25, 0.3) is 5.91 Å². The zero-order valence-electron chi connectivity index (χ0n) is 10.5. The van der Waals surface area contributed by atoms with Crippen LogP contribution in [-0.2, 0) is 0 Å². The van der Waals surface area contributed by atoms with Crippen molar-refractivity contribution < 1.29 is 4.79 Å². The molecule has 0 bridgehead atoms. The molecule has 5 heteroatoms. The Labute approximate surface area is 126 Å². The van der Waals surface area contributed by atoms with Gasteiger partial charge in [0, 0.05) is 16.3 Å². The minimum absolute atomic E-state index is 0.0990. The van der Waals surface area contributed by atoms with E-state index in [4.69, 9.17) is 11.6 Å². The van der Waals surface area contributed by atoms with Gasteiger partial charge in [0.2, 0.25) is 0 Å². The molecule has 1 aromatic rings. The van der Waals surface area contributed by atoms with Crippen molar-refractivity contribution in [3.63, 3.8) is 0 Å². The summed E-state index contributed by atoms with van der Waals surface area (Å²) in [6, 6.07) is 5.51. The molecule has 1 N–H and O–H groups in total. The van der Waals surface area contributed by atoms with Crippen LogP contribution in [0.2, 0.25) is 5.02 Å². The molecule has 1 amide bonds. The average Bonchev–Trinajstić information content (AvgIpc) is 2.34. The molecule has 1 rings (SSSR count). The molecule has 0 aliphatic carbocycles. The summed E-state index contributed by atoms with van der Waals surface area (Å²) in [5.74, 6) is -0.0990. The number of alkyl halides is 1. The molecule has 0 fully saturated rings. The van der Waals surface area contributed by atoms with Crippen LogP contribution in [0, 0.1) is 0 Å². The number of hydrogen-bond acceptors (Lipinski definition) is 2. The number of thioether (sulfide) groups is 1. The first-order valence-electron chi connectivity index (χ1n) is 5.80. The van der Waals surface area contributed by atoms with Crippen LogP contribution in [0.15, 0.2) is 23.1 Å². The minimum Gasteiger partial charge on any atom is -0.352 e. The van der Waals surface area contributed by atoms with Gasteiger partial charge in [-0.2, -0.15) is 0 Å². The van der Waals surface area contributed by atoms with Gasteiger partial charge in [-0.25, -0.2) is 0 Å². The van der Waals surface area contributed by atoms with E-state index in [0.29, 0.717) is 22.0 Å². The third kappa shape index (κ3) is 5.21. The van der Waals surface area contributed by atoms with Crippen molar-refractivity contribution in [1.82, 2.24) is 5.32 Å². The number of amides is 1. The fourth-order valence-electron chi connectivity index (χ4n) is 1.49. The monoisotopic (exact) mass is 349 g/mol. The number of carbonyl (C=O) groups is 1. The normalized spacial score (nSPS) is 12.2. The van der Waals surface area contributed by atoms with Crippen molar-refractivity contribution in [2.24, 2.45) is 0 Å². The van der Waals surface area contributed by atoms with Crippen molar-refractivity contribution in [3.8, 4) is 0 Å². The maximum absolute atomic E-state index is 12.0. The highest BCUT2D eigenvalue weighted by molar-refractivity contribution is 9.09. The van der Waals surface area contributed by atoms with E-state index in [1.54, 1.807) is 17.8 Å². The molecule has 0 radical (unpaired) electrons. The fraction of sp³-hybridized carbons (Fsp3) is 0.462. The first-order chi connectivity index (χ1) is 8.54. The Balaban J connectivity index is 2.55. The fourth-order valence-corrected chi connectivity index (χ4v) is 2.45. The van der Waals surface area contributed by atoms with Gasteiger partial charge in [-0.3, -0.25) is 4.79 Å². The van der Waals surface area contributed by atoms with Crippen LogP contribution in [0.4, 0.5) is 0 Å². The molecule has 1 atom stereocenters. The second-order valence-electron chi connectivity index (χ2n) is 4.02. The summed E-state index contributed by atoms with van der Waals surface area (Å²) in [4.78, 5) is 13.5. The van der Waals surface area contributed by atoms with Crippen molar-refractivity contribution in [1.29, 1.82) is 0 Å². The van der Waals surface area contributed by atoms with Crippen molar-refractivity contribution in [3.05, 3.63) is 28.8 Å². The van der Waals surface area contributed by atoms with Gasteiger partial charge in [0.15, 0.2) is 0 Å². The third-order valence-electron chi connectivity index (χ3n) is 2.48. The summed E-state index contributed by atoms with van der Waals surface area (Å²) >= 11 is 11.1. The summed E-state index contributed by atoms with van der Waals surface area (Å²) in [6.45, 7) is 2.77. The molecule has 0 aliphatic heterocycles. The van der Waals surface area contributed by atoms with Gasteiger partial charge in [-0.05, 0) is 37.3 Å². The molecular formula is C13H17BrClNOS. The highest BCUT2D eigenvalue weighted by Gasteiger charge is 2.10. The van der Waals surface area contributed by atoms with Crippen LogP contribution in [0.25, 0.3) is 0 Å². The van der Waals surface area contributed by atoms with Crippen LogP contribution in [0.1, 0.15) is 30.1 Å². The molecule has 0 aliphatic rings. The zero-order valence-corrected chi connectivity index (χ0v) is 13.7. The van der Waals surface area contributed by atoms with Crippen molar-refractivity contribution in [2.75, 3.05) is 12.8 Å². The Kier molecular flexibility index (Phi) is 7.12. The molecule has 18 heavy (non-hydrogen) atoms. The lowest BCUT2D eigenvalue weighted by molar-refractivity contribution is 0.0953. The predicted molar refractivity (Wildman–Crippen MR) is 83.2 cm³/mol. The van der Waals surface area contributed by atoms with Crippen molar-refractivity contribution in [2.45, 2.75) is 29.5 Å². The van der Waals surface area contributed by atoms with Gasteiger partial charge in [-0.1, -0.05) is 34.5 Å². The van der Waals surface area contributed by atoms with Gasteiger partial charge < -0.3 is 5.32 Å². The SMILES string of the molecule is CSc1ccc(Cl)c(C(=O)NCCCC(C)Br)c1. The lowest BCUT2D eigenvalue weighted by Gasteiger charge is -2.08. The van der Waals surface area contributed by atoms with Crippen molar-refractivity contribution >= 4 is 45.2 Å². The van der Waals surface area contributed by atoms with Gasteiger partial charge in [0.05, 0.1) is 10.6 Å². The zero-order chi connectivity index (χ0) is 13.5. The lowest BCUT2D eigenvalue weighted by atomic mass is 10.2. The number of hydrogen-bond donors (Lipinski definition) is 1. The largest absolute Gasteiger partial charge is 0.352 e. The molecule has 0 heterocycles. The predicted octanol–water partition coefficient (Wildman–Crippen LogP) is 4.36. The first-order valence-corrected chi connectivity index (χ1v) is 8.32. The highest BCUT2D eigenvalue weighted by Crippen LogP contribution is 2.22. The molecule has 0 saturated carbocycles. The quantitative estimate of drug-likeness (QED) is 0.469. The summed E-state index contributed by atoms with van der Waals surface area (Å²) < 4.78 is 0. The molecule has 100 valence electrons. The Morgan fingerprint density at radius 2 is 2.28 bits per heavy atom. The van der Waals surface area contributed by atoms with Crippen LogP contribution in [0.5, 0.6) is 0 Å². The third-order valence-corrected chi connectivity index (χ3v) is 4.00. The molecule has 2 nitrogen and oxygen atoms in total.